The summed E-state index contributed by atoms with van der Waals surface area (Å²) >= 11 is 0. The third kappa shape index (κ3) is 1.90. The van der Waals surface area contributed by atoms with Crippen molar-refractivity contribution in [1.29, 1.82) is 0 Å². The van der Waals surface area contributed by atoms with Crippen LogP contribution in [0.1, 0.15) is 17.4 Å². The molecule has 2 aromatic rings. The van der Waals surface area contributed by atoms with Gasteiger partial charge in [0.05, 0.1) is 6.61 Å². The minimum Gasteiger partial charge on any atom is -0.461 e. The fraction of sp³-hybridized carbons (Fsp3) is 0.200. The van der Waals surface area contributed by atoms with E-state index < -0.39 is 5.97 Å². The standard InChI is InChI=1S/C10H9N3O3/c1-2-15-10(14)7-8(16-6-13-7)9-11-4-3-5-12-9/h3-6H,2H2,1H3. The predicted octanol–water partition coefficient (Wildman–Crippen LogP) is 1.31. The molecule has 0 fully saturated rings. The first-order valence-corrected chi connectivity index (χ1v) is 4.71. The van der Waals surface area contributed by atoms with Gasteiger partial charge in [-0.2, -0.15) is 0 Å². The van der Waals surface area contributed by atoms with Crippen molar-refractivity contribution < 1.29 is 13.9 Å². The summed E-state index contributed by atoms with van der Waals surface area (Å²) in [4.78, 5) is 23.2. The summed E-state index contributed by atoms with van der Waals surface area (Å²) in [6.45, 7) is 2.00. The number of aromatic nitrogens is 3. The Hall–Kier alpha value is -2.24. The van der Waals surface area contributed by atoms with Crippen molar-refractivity contribution in [3.05, 3.63) is 30.5 Å². The number of esters is 1. The molecule has 0 aromatic carbocycles. The highest BCUT2D eigenvalue weighted by molar-refractivity contribution is 5.92. The highest BCUT2D eigenvalue weighted by Gasteiger charge is 2.20. The number of carbonyl (C=O) groups is 1. The van der Waals surface area contributed by atoms with Gasteiger partial charge in [0.2, 0.25) is 5.76 Å². The lowest BCUT2D eigenvalue weighted by molar-refractivity contribution is 0.0520. The van der Waals surface area contributed by atoms with Gasteiger partial charge in [-0.05, 0) is 13.0 Å². The molecule has 0 atom stereocenters. The van der Waals surface area contributed by atoms with Crippen LogP contribution in [0.4, 0.5) is 0 Å². The van der Waals surface area contributed by atoms with Crippen molar-refractivity contribution in [2.75, 3.05) is 6.61 Å². The van der Waals surface area contributed by atoms with Gasteiger partial charge in [0, 0.05) is 12.4 Å². The van der Waals surface area contributed by atoms with E-state index in [9.17, 15) is 4.79 Å². The summed E-state index contributed by atoms with van der Waals surface area (Å²) in [6, 6.07) is 1.67. The van der Waals surface area contributed by atoms with E-state index in [1.54, 1.807) is 25.4 Å². The molecule has 82 valence electrons. The molecule has 0 bridgehead atoms. The Morgan fingerprint density at radius 3 is 2.81 bits per heavy atom. The van der Waals surface area contributed by atoms with Gasteiger partial charge in [-0.25, -0.2) is 19.7 Å². The molecule has 6 heteroatoms. The van der Waals surface area contributed by atoms with E-state index in [2.05, 4.69) is 15.0 Å². The normalized spacial score (nSPS) is 10.1. The van der Waals surface area contributed by atoms with Gasteiger partial charge in [-0.3, -0.25) is 0 Å². The fourth-order valence-electron chi connectivity index (χ4n) is 1.17. The second-order valence-electron chi connectivity index (χ2n) is 2.82. The third-order valence-corrected chi connectivity index (χ3v) is 1.81. The lowest BCUT2D eigenvalue weighted by atomic mass is 10.3. The molecule has 2 heterocycles. The molecule has 0 N–H and O–H groups in total. The van der Waals surface area contributed by atoms with E-state index in [0.29, 0.717) is 5.82 Å². The monoisotopic (exact) mass is 219 g/mol. The molecular formula is C10H9N3O3. The minimum atomic E-state index is -0.543. The maximum absolute atomic E-state index is 11.5. The number of hydrogen-bond acceptors (Lipinski definition) is 6. The first-order chi connectivity index (χ1) is 7.83. The topological polar surface area (TPSA) is 78.1 Å². The van der Waals surface area contributed by atoms with Crippen molar-refractivity contribution in [1.82, 2.24) is 15.0 Å². The molecule has 0 aliphatic carbocycles. The highest BCUT2D eigenvalue weighted by atomic mass is 16.5. The number of hydrogen-bond donors (Lipinski definition) is 0. The fourth-order valence-corrected chi connectivity index (χ4v) is 1.17. The zero-order chi connectivity index (χ0) is 11.4. The van der Waals surface area contributed by atoms with E-state index in [1.165, 1.54) is 0 Å². The number of oxazole rings is 1. The van der Waals surface area contributed by atoms with Gasteiger partial charge in [0.25, 0.3) is 0 Å². The zero-order valence-corrected chi connectivity index (χ0v) is 8.58. The number of ether oxygens (including phenoxy) is 1. The molecule has 0 saturated heterocycles. The SMILES string of the molecule is CCOC(=O)c1ncoc1-c1ncccn1. The first kappa shape index (κ1) is 10.3. The molecule has 16 heavy (non-hydrogen) atoms. The second kappa shape index (κ2) is 4.52. The molecule has 6 nitrogen and oxygen atoms in total. The molecule has 0 radical (unpaired) electrons. The van der Waals surface area contributed by atoms with E-state index in [-0.39, 0.29) is 18.1 Å². The lowest BCUT2D eigenvalue weighted by Gasteiger charge is -1.99. The van der Waals surface area contributed by atoms with Crippen molar-refractivity contribution in [2.24, 2.45) is 0 Å². The van der Waals surface area contributed by atoms with Crippen molar-refractivity contribution in [3.63, 3.8) is 0 Å². The van der Waals surface area contributed by atoms with Crippen LogP contribution in [0.15, 0.2) is 29.3 Å². The van der Waals surface area contributed by atoms with Crippen molar-refractivity contribution in [3.8, 4) is 11.6 Å². The van der Waals surface area contributed by atoms with E-state index in [0.717, 1.165) is 6.39 Å². The number of nitrogens with zero attached hydrogens (tertiary/aromatic N) is 3. The summed E-state index contributed by atoms with van der Waals surface area (Å²) in [5.41, 5.74) is 0.0908. The largest absolute Gasteiger partial charge is 0.461 e. The van der Waals surface area contributed by atoms with Gasteiger partial charge in [-0.1, -0.05) is 0 Å². The van der Waals surface area contributed by atoms with E-state index in [4.69, 9.17) is 9.15 Å². The lowest BCUT2D eigenvalue weighted by Crippen LogP contribution is -2.07. The summed E-state index contributed by atoms with van der Waals surface area (Å²) in [5.74, 6) is -0.0131. The van der Waals surface area contributed by atoms with Crippen LogP contribution in [0.25, 0.3) is 11.6 Å². The van der Waals surface area contributed by atoms with Crippen LogP contribution in [0.3, 0.4) is 0 Å². The molecule has 0 amide bonds. The van der Waals surface area contributed by atoms with Crippen LogP contribution in [0.2, 0.25) is 0 Å². The van der Waals surface area contributed by atoms with Crippen molar-refractivity contribution in [2.45, 2.75) is 6.92 Å². The summed E-state index contributed by atoms with van der Waals surface area (Å²) in [6.07, 6.45) is 4.28. The Morgan fingerprint density at radius 1 is 1.38 bits per heavy atom. The van der Waals surface area contributed by atoms with Crippen molar-refractivity contribution >= 4 is 5.97 Å². The maximum atomic E-state index is 11.5. The summed E-state index contributed by atoms with van der Waals surface area (Å²) in [5, 5.41) is 0. The molecule has 0 saturated carbocycles. The van der Waals surface area contributed by atoms with Crippen LogP contribution < -0.4 is 0 Å². The number of carbonyl (C=O) groups excluding carboxylic acids is 1. The van der Waals surface area contributed by atoms with Crippen LogP contribution >= 0.6 is 0 Å². The third-order valence-electron chi connectivity index (χ3n) is 1.81. The van der Waals surface area contributed by atoms with E-state index in [1.807, 2.05) is 0 Å². The Labute approximate surface area is 91.3 Å². The number of rotatable bonds is 3. The Kier molecular flexibility index (Phi) is 2.90. The predicted molar refractivity (Wildman–Crippen MR) is 53.5 cm³/mol. The van der Waals surface area contributed by atoms with Gasteiger partial charge >= 0.3 is 5.97 Å². The minimum absolute atomic E-state index is 0.0908. The maximum Gasteiger partial charge on any atom is 0.361 e. The molecule has 0 spiro atoms. The van der Waals surface area contributed by atoms with Crippen LogP contribution in [-0.2, 0) is 4.74 Å². The second-order valence-corrected chi connectivity index (χ2v) is 2.82. The first-order valence-electron chi connectivity index (χ1n) is 4.71. The van der Waals surface area contributed by atoms with Crippen LogP contribution in [-0.4, -0.2) is 27.5 Å². The Bertz CT molecular complexity index is 481. The van der Waals surface area contributed by atoms with Gasteiger partial charge in [0.1, 0.15) is 0 Å². The summed E-state index contributed by atoms with van der Waals surface area (Å²) < 4.78 is 9.91. The van der Waals surface area contributed by atoms with Crippen LogP contribution in [0, 0.1) is 0 Å². The average molecular weight is 219 g/mol. The highest BCUT2D eigenvalue weighted by Crippen LogP contribution is 2.18. The molecule has 0 aliphatic rings. The van der Waals surface area contributed by atoms with Gasteiger partial charge in [0.15, 0.2) is 17.9 Å². The molecular weight excluding hydrogens is 210 g/mol. The summed E-state index contributed by atoms with van der Waals surface area (Å²) in [7, 11) is 0. The Morgan fingerprint density at radius 2 is 2.12 bits per heavy atom. The zero-order valence-electron chi connectivity index (χ0n) is 8.58. The van der Waals surface area contributed by atoms with Crippen LogP contribution in [0.5, 0.6) is 0 Å². The van der Waals surface area contributed by atoms with Gasteiger partial charge in [-0.15, -0.1) is 0 Å². The Balaban J connectivity index is 2.37. The molecule has 2 aromatic heterocycles. The molecule has 2 rings (SSSR count). The quantitative estimate of drug-likeness (QED) is 0.724. The molecule has 0 aliphatic heterocycles. The average Bonchev–Trinajstić information content (AvgIpc) is 2.79. The molecule has 0 unspecified atom stereocenters. The van der Waals surface area contributed by atoms with Gasteiger partial charge < -0.3 is 9.15 Å². The smallest absolute Gasteiger partial charge is 0.361 e. The van der Waals surface area contributed by atoms with E-state index >= 15 is 0 Å².